The van der Waals surface area contributed by atoms with Crippen molar-refractivity contribution in [3.05, 3.63) is 22.7 Å². The molecule has 4 atom stereocenters. The molecule has 8 nitrogen and oxygen atoms in total. The van der Waals surface area contributed by atoms with Crippen LogP contribution >= 0.6 is 0 Å². The smallest absolute Gasteiger partial charge is 0.351 e. The Morgan fingerprint density at radius 1 is 1.59 bits per heavy atom. The second-order valence-electron chi connectivity index (χ2n) is 3.86. The molecule has 17 heavy (non-hydrogen) atoms. The lowest BCUT2D eigenvalue weighted by Gasteiger charge is -2.17. The maximum Gasteiger partial charge on any atom is 0.351 e. The zero-order valence-electron chi connectivity index (χ0n) is 8.93. The van der Waals surface area contributed by atoms with Crippen molar-refractivity contribution in [3.8, 4) is 0 Å². The van der Waals surface area contributed by atoms with Gasteiger partial charge in [-0.1, -0.05) is 0 Å². The third-order valence-electron chi connectivity index (χ3n) is 2.72. The summed E-state index contributed by atoms with van der Waals surface area (Å²) >= 11 is 0. The van der Waals surface area contributed by atoms with Gasteiger partial charge in [-0.25, -0.2) is 4.79 Å². The fraction of sp³-hybridized carbons (Fsp3) is 0.556. The van der Waals surface area contributed by atoms with Crippen LogP contribution in [0.2, 0.25) is 0 Å². The largest absolute Gasteiger partial charge is 0.394 e. The summed E-state index contributed by atoms with van der Waals surface area (Å²) in [5.41, 5.74) is 10.5. The highest BCUT2D eigenvalue weighted by Crippen LogP contribution is 2.26. The Balaban J connectivity index is 2.32. The second-order valence-corrected chi connectivity index (χ2v) is 3.86. The quantitative estimate of drug-likeness (QED) is 0.446. The molecule has 0 saturated carbocycles. The summed E-state index contributed by atoms with van der Waals surface area (Å²) in [7, 11) is 0. The Bertz CT molecular complexity index is 463. The van der Waals surface area contributed by atoms with Crippen LogP contribution in [0, 0.1) is 0 Å². The highest BCUT2D eigenvalue weighted by Gasteiger charge is 2.42. The minimum atomic E-state index is -1.03. The van der Waals surface area contributed by atoms with Crippen LogP contribution in [0.25, 0.3) is 0 Å². The lowest BCUT2D eigenvalue weighted by atomic mass is 10.1. The first-order chi connectivity index (χ1) is 8.04. The molecule has 6 N–H and O–H groups in total. The number of ether oxygens (including phenoxy) is 1. The van der Waals surface area contributed by atoms with Gasteiger partial charge >= 0.3 is 5.69 Å². The highest BCUT2D eigenvalue weighted by atomic mass is 16.5. The van der Waals surface area contributed by atoms with Crippen LogP contribution in [-0.2, 0) is 4.74 Å². The molecule has 1 aliphatic heterocycles. The van der Waals surface area contributed by atoms with E-state index in [9.17, 15) is 9.90 Å². The number of nitrogens with zero attached hydrogens (tertiary/aromatic N) is 2. The van der Waals surface area contributed by atoms with Crippen molar-refractivity contribution in [1.29, 1.82) is 0 Å². The van der Waals surface area contributed by atoms with E-state index in [0.717, 1.165) is 4.57 Å². The summed E-state index contributed by atoms with van der Waals surface area (Å²) in [6.45, 7) is -0.373. The maximum absolute atomic E-state index is 11.6. The van der Waals surface area contributed by atoms with Gasteiger partial charge in [0.25, 0.3) is 0 Å². The van der Waals surface area contributed by atoms with Crippen molar-refractivity contribution >= 4 is 5.82 Å². The van der Waals surface area contributed by atoms with Gasteiger partial charge in [-0.2, -0.15) is 4.98 Å². The van der Waals surface area contributed by atoms with Crippen LogP contribution in [0.5, 0.6) is 0 Å². The molecule has 2 rings (SSSR count). The van der Waals surface area contributed by atoms with Crippen molar-refractivity contribution in [2.75, 3.05) is 12.3 Å². The van der Waals surface area contributed by atoms with Gasteiger partial charge in [0.05, 0.1) is 12.6 Å². The van der Waals surface area contributed by atoms with E-state index in [2.05, 4.69) is 4.98 Å². The summed E-state index contributed by atoms with van der Waals surface area (Å²) in [4.78, 5) is 15.1. The SMILES string of the molecule is Nc1ccn(C2O[C@H](CO)[C@@H](O)[C@H]2N)c(=O)n1. The molecule has 94 valence electrons. The third kappa shape index (κ3) is 2.03. The molecule has 0 spiro atoms. The normalized spacial score (nSPS) is 32.9. The van der Waals surface area contributed by atoms with Gasteiger partial charge in [0.15, 0.2) is 6.23 Å². The molecule has 0 amide bonds. The standard InChI is InChI=1S/C9H14N4O4/c10-5-1-2-13(9(16)12-5)8-6(11)7(15)4(3-14)17-8/h1-2,4,6-8,14-15H,3,11H2,(H2,10,12,16)/t4-,6-,7-,8?/m1/s1. The van der Waals surface area contributed by atoms with Crippen LogP contribution in [0.4, 0.5) is 5.82 Å². The molecule has 0 aliphatic carbocycles. The first-order valence-corrected chi connectivity index (χ1v) is 5.09. The molecule has 1 aromatic rings. The Labute approximate surface area is 96.4 Å². The van der Waals surface area contributed by atoms with Gasteiger partial charge in [0.2, 0.25) is 0 Å². The number of aliphatic hydroxyl groups excluding tert-OH is 2. The Morgan fingerprint density at radius 2 is 2.29 bits per heavy atom. The molecule has 0 bridgehead atoms. The molecule has 0 aromatic carbocycles. The predicted molar refractivity (Wildman–Crippen MR) is 57.9 cm³/mol. The molecule has 1 aromatic heterocycles. The van der Waals surface area contributed by atoms with Crippen molar-refractivity contribution in [2.24, 2.45) is 5.73 Å². The number of hydrogen-bond donors (Lipinski definition) is 4. The van der Waals surface area contributed by atoms with Crippen LogP contribution < -0.4 is 17.2 Å². The molecule has 1 aliphatic rings. The van der Waals surface area contributed by atoms with Crippen LogP contribution in [0.1, 0.15) is 6.23 Å². The molecule has 8 heteroatoms. The third-order valence-corrected chi connectivity index (χ3v) is 2.72. The molecule has 2 heterocycles. The summed E-state index contributed by atoms with van der Waals surface area (Å²) in [5.74, 6) is 0.0945. The van der Waals surface area contributed by atoms with E-state index in [1.807, 2.05) is 0 Å². The van der Waals surface area contributed by atoms with Crippen molar-refractivity contribution in [1.82, 2.24) is 9.55 Å². The molecular weight excluding hydrogens is 228 g/mol. The number of hydrogen-bond acceptors (Lipinski definition) is 7. The topological polar surface area (TPSA) is 137 Å². The molecule has 1 unspecified atom stereocenters. The van der Waals surface area contributed by atoms with Crippen LogP contribution in [0.3, 0.4) is 0 Å². The van der Waals surface area contributed by atoms with E-state index < -0.39 is 30.2 Å². The number of aliphatic hydroxyl groups is 2. The molecule has 1 fully saturated rings. The summed E-state index contributed by atoms with van der Waals surface area (Å²) in [5, 5.41) is 18.6. The predicted octanol–water partition coefficient (Wildman–Crippen LogP) is -2.60. The fourth-order valence-corrected chi connectivity index (χ4v) is 1.79. The van der Waals surface area contributed by atoms with Gasteiger partial charge in [0.1, 0.15) is 18.0 Å². The zero-order chi connectivity index (χ0) is 12.6. The van der Waals surface area contributed by atoms with Crippen LogP contribution in [0.15, 0.2) is 17.1 Å². The second kappa shape index (κ2) is 4.41. The van der Waals surface area contributed by atoms with Crippen molar-refractivity contribution < 1.29 is 14.9 Å². The fourth-order valence-electron chi connectivity index (χ4n) is 1.79. The van der Waals surface area contributed by atoms with Crippen LogP contribution in [-0.4, -0.2) is 44.6 Å². The Morgan fingerprint density at radius 3 is 2.82 bits per heavy atom. The van der Waals surface area contributed by atoms with E-state index in [-0.39, 0.29) is 12.4 Å². The number of anilines is 1. The number of aromatic nitrogens is 2. The molecule has 1 saturated heterocycles. The van der Waals surface area contributed by atoms with Gasteiger partial charge in [0, 0.05) is 6.20 Å². The number of nitrogen functional groups attached to an aromatic ring is 1. The van der Waals surface area contributed by atoms with E-state index >= 15 is 0 Å². The maximum atomic E-state index is 11.6. The van der Waals surface area contributed by atoms with Crippen molar-refractivity contribution in [2.45, 2.75) is 24.5 Å². The number of rotatable bonds is 2. The minimum Gasteiger partial charge on any atom is -0.394 e. The van der Waals surface area contributed by atoms with E-state index in [4.69, 9.17) is 21.3 Å². The lowest BCUT2D eigenvalue weighted by molar-refractivity contribution is -0.0464. The van der Waals surface area contributed by atoms with Gasteiger partial charge < -0.3 is 26.4 Å². The lowest BCUT2D eigenvalue weighted by Crippen LogP contribution is -2.42. The Hall–Kier alpha value is -1.48. The Kier molecular flexibility index (Phi) is 3.11. The summed E-state index contributed by atoms with van der Waals surface area (Å²) in [6.07, 6.45) is -1.31. The first kappa shape index (κ1) is 12.0. The van der Waals surface area contributed by atoms with Gasteiger partial charge in [-0.05, 0) is 6.07 Å². The highest BCUT2D eigenvalue weighted by molar-refractivity contribution is 5.23. The zero-order valence-corrected chi connectivity index (χ0v) is 8.93. The average molecular weight is 242 g/mol. The van der Waals surface area contributed by atoms with E-state index in [1.54, 1.807) is 0 Å². The monoisotopic (exact) mass is 242 g/mol. The van der Waals surface area contributed by atoms with E-state index in [1.165, 1.54) is 12.3 Å². The van der Waals surface area contributed by atoms with E-state index in [0.29, 0.717) is 0 Å². The van der Waals surface area contributed by atoms with Crippen molar-refractivity contribution in [3.63, 3.8) is 0 Å². The summed E-state index contributed by atoms with van der Waals surface area (Å²) in [6, 6.07) is 0.617. The summed E-state index contributed by atoms with van der Waals surface area (Å²) < 4.78 is 6.44. The average Bonchev–Trinajstić information content (AvgIpc) is 2.57. The van der Waals surface area contributed by atoms with Gasteiger partial charge in [-0.15, -0.1) is 0 Å². The molecule has 0 radical (unpaired) electrons. The number of nitrogens with two attached hydrogens (primary N) is 2. The van der Waals surface area contributed by atoms with Gasteiger partial charge in [-0.3, -0.25) is 4.57 Å². The molecular formula is C9H14N4O4. The first-order valence-electron chi connectivity index (χ1n) is 5.09. The minimum absolute atomic E-state index is 0.0945.